The fourth-order valence-electron chi connectivity index (χ4n) is 4.93. The Bertz CT molecular complexity index is 1460. The molecule has 2 unspecified atom stereocenters. The normalized spacial score (nSPS) is 18.2. The van der Waals surface area contributed by atoms with Crippen molar-refractivity contribution in [3.05, 3.63) is 83.0 Å². The highest BCUT2D eigenvalue weighted by molar-refractivity contribution is 5.96. The van der Waals surface area contributed by atoms with Gasteiger partial charge in [-0.1, -0.05) is 26.0 Å². The van der Waals surface area contributed by atoms with E-state index in [0.29, 0.717) is 17.6 Å². The molecule has 3 atom stereocenters. The Hall–Kier alpha value is -4.39. The lowest BCUT2D eigenvalue weighted by atomic mass is 10.0. The number of carbonyl (C=O) groups is 3. The molecule has 0 aliphatic carbocycles. The summed E-state index contributed by atoms with van der Waals surface area (Å²) >= 11 is 0. The number of carbonyl (C=O) groups excluding carboxylic acids is 3. The van der Waals surface area contributed by atoms with Gasteiger partial charge in [-0.15, -0.1) is 0 Å². The quantitative estimate of drug-likeness (QED) is 0.266. The summed E-state index contributed by atoms with van der Waals surface area (Å²) in [4.78, 5) is 40.6. The molecule has 1 fully saturated rings. The highest BCUT2D eigenvalue weighted by Crippen LogP contribution is 2.32. The molecule has 0 radical (unpaired) electrons. The number of halogens is 3. The van der Waals surface area contributed by atoms with Gasteiger partial charge in [0, 0.05) is 30.8 Å². The number of nitrogens with zero attached hydrogens (tertiary/aromatic N) is 2. The van der Waals surface area contributed by atoms with Gasteiger partial charge in [-0.05, 0) is 55.5 Å². The van der Waals surface area contributed by atoms with Crippen LogP contribution in [0.3, 0.4) is 0 Å². The summed E-state index contributed by atoms with van der Waals surface area (Å²) in [6, 6.07) is 9.94. The third kappa shape index (κ3) is 7.92. The summed E-state index contributed by atoms with van der Waals surface area (Å²) < 4.78 is 45.3. The number of aliphatic hydroxyl groups is 1. The lowest BCUT2D eigenvalue weighted by molar-refractivity contribution is -0.608. The molecule has 0 bridgehead atoms. The number of amides is 3. The van der Waals surface area contributed by atoms with Crippen LogP contribution in [0.4, 0.5) is 13.2 Å². The van der Waals surface area contributed by atoms with Gasteiger partial charge in [0.05, 0.1) is 17.7 Å². The van der Waals surface area contributed by atoms with Crippen LogP contribution in [0.5, 0.6) is 0 Å². The Morgan fingerprint density at radius 3 is 2.60 bits per heavy atom. The van der Waals surface area contributed by atoms with Crippen molar-refractivity contribution >= 4 is 17.7 Å². The number of benzene rings is 1. The van der Waals surface area contributed by atoms with E-state index in [1.54, 1.807) is 6.07 Å². The van der Waals surface area contributed by atoms with Crippen LogP contribution in [0.15, 0.2) is 65.2 Å². The van der Waals surface area contributed by atoms with Crippen LogP contribution in [0.2, 0.25) is 0 Å². The Morgan fingerprint density at radius 1 is 1.14 bits per heavy atom. The molecule has 10 nitrogen and oxygen atoms in total. The molecule has 13 heteroatoms. The van der Waals surface area contributed by atoms with Crippen LogP contribution >= 0.6 is 0 Å². The zero-order valence-electron chi connectivity index (χ0n) is 23.6. The topological polar surface area (TPSA) is 139 Å². The van der Waals surface area contributed by atoms with Crippen molar-refractivity contribution in [2.45, 2.75) is 57.5 Å². The smallest absolute Gasteiger partial charge is 0.416 e. The molecule has 3 amide bonds. The van der Waals surface area contributed by atoms with Crippen molar-refractivity contribution in [1.82, 2.24) is 15.5 Å². The predicted octanol–water partition coefficient (Wildman–Crippen LogP) is 3.53. The average Bonchev–Trinajstić information content (AvgIpc) is 3.38. The molecule has 1 aliphatic heterocycles. The van der Waals surface area contributed by atoms with Gasteiger partial charge in [0.15, 0.2) is 12.0 Å². The van der Waals surface area contributed by atoms with Crippen molar-refractivity contribution in [3.63, 3.8) is 0 Å². The number of furan rings is 1. The van der Waals surface area contributed by atoms with Crippen LogP contribution in [0, 0.1) is 11.1 Å². The maximum Gasteiger partial charge on any atom is 0.416 e. The number of aliphatic hydroxyl groups excluding tert-OH is 1. The Morgan fingerprint density at radius 2 is 1.91 bits per heavy atom. The monoisotopic (exact) mass is 602 g/mol. The van der Waals surface area contributed by atoms with Crippen molar-refractivity contribution < 1.29 is 41.8 Å². The number of aromatic nitrogens is 1. The molecule has 230 valence electrons. The lowest BCUT2D eigenvalue weighted by Crippen LogP contribution is -2.54. The first-order valence-corrected chi connectivity index (χ1v) is 13.9. The number of rotatable bonds is 8. The van der Waals surface area contributed by atoms with Gasteiger partial charge < -0.3 is 30.3 Å². The minimum atomic E-state index is -4.54. The van der Waals surface area contributed by atoms with Crippen LogP contribution in [0.1, 0.15) is 59.7 Å². The average molecular weight is 603 g/mol. The van der Waals surface area contributed by atoms with Crippen LogP contribution in [-0.2, 0) is 11.0 Å². The first-order chi connectivity index (χ1) is 20.3. The zero-order chi connectivity index (χ0) is 31.3. The maximum absolute atomic E-state index is 13.3. The van der Waals surface area contributed by atoms with Crippen LogP contribution in [-0.4, -0.2) is 59.0 Å². The molecule has 3 N–H and O–H groups in total. The van der Waals surface area contributed by atoms with Crippen molar-refractivity contribution in [1.29, 1.82) is 0 Å². The minimum absolute atomic E-state index is 0.00912. The number of β-amino-alcohol motifs (C(OH)–C–C–N with tert-alkyl or cyclic N) is 1. The molecule has 1 aromatic carbocycles. The van der Waals surface area contributed by atoms with Crippen molar-refractivity contribution in [3.8, 4) is 11.3 Å². The van der Waals surface area contributed by atoms with Gasteiger partial charge in [-0.2, -0.15) is 17.9 Å². The summed E-state index contributed by atoms with van der Waals surface area (Å²) in [6.45, 7) is 3.89. The second-order valence-electron chi connectivity index (χ2n) is 10.9. The largest absolute Gasteiger partial charge is 0.618 e. The number of alkyl halides is 3. The fourth-order valence-corrected chi connectivity index (χ4v) is 4.93. The van der Waals surface area contributed by atoms with Crippen LogP contribution in [0.25, 0.3) is 11.3 Å². The second-order valence-corrected chi connectivity index (χ2v) is 10.9. The number of nitrogens with one attached hydrogen (secondary N) is 2. The van der Waals surface area contributed by atoms with E-state index in [9.17, 15) is 37.9 Å². The van der Waals surface area contributed by atoms with E-state index in [-0.39, 0.29) is 48.2 Å². The first-order valence-electron chi connectivity index (χ1n) is 13.9. The molecule has 0 saturated carbocycles. The number of hydrogen-bond donors (Lipinski definition) is 3. The highest BCUT2D eigenvalue weighted by atomic mass is 19.4. The molecule has 43 heavy (non-hydrogen) atoms. The van der Waals surface area contributed by atoms with Gasteiger partial charge in [-0.3, -0.25) is 14.4 Å². The number of hydrogen-bond acceptors (Lipinski definition) is 6. The second kappa shape index (κ2) is 13.3. The summed E-state index contributed by atoms with van der Waals surface area (Å²) in [5.41, 5.74) is -0.799. The van der Waals surface area contributed by atoms with Crippen LogP contribution < -0.4 is 15.4 Å². The third-order valence-corrected chi connectivity index (χ3v) is 7.11. The summed E-state index contributed by atoms with van der Waals surface area (Å²) in [5.74, 6) is -1.95. The predicted molar refractivity (Wildman–Crippen MR) is 148 cm³/mol. The van der Waals surface area contributed by atoms with Gasteiger partial charge in [0.25, 0.3) is 11.6 Å². The van der Waals surface area contributed by atoms with Crippen molar-refractivity contribution in [2.75, 3.05) is 13.1 Å². The molecule has 3 heterocycles. The molecule has 1 aliphatic rings. The van der Waals surface area contributed by atoms with E-state index in [1.165, 1.54) is 47.5 Å². The van der Waals surface area contributed by atoms with E-state index in [2.05, 4.69) is 10.6 Å². The molecular formula is C30H33F3N4O6. The van der Waals surface area contributed by atoms with Gasteiger partial charge in [0.1, 0.15) is 11.8 Å². The third-order valence-electron chi connectivity index (χ3n) is 7.11. The van der Waals surface area contributed by atoms with Gasteiger partial charge in [-0.25, -0.2) is 0 Å². The Kier molecular flexibility index (Phi) is 9.74. The SMILES string of the molecule is CC(C)CC(NC(=O)c1ccc(-c2cccc(C(F)(F)F)c2)o1)C(=O)NC1CCCN(C(=O)c2cccc[n+]2[O-])C[C@@H]1O. The first kappa shape index (κ1) is 31.5. The Balaban J connectivity index is 1.42. The van der Waals surface area contributed by atoms with E-state index in [0.717, 1.165) is 12.1 Å². The molecule has 2 aromatic heterocycles. The highest BCUT2D eigenvalue weighted by Gasteiger charge is 2.34. The Labute approximate surface area is 246 Å². The zero-order valence-corrected chi connectivity index (χ0v) is 23.6. The van der Waals surface area contributed by atoms with E-state index < -0.39 is 47.6 Å². The number of likely N-dealkylation sites (tertiary alicyclic amines) is 1. The summed E-state index contributed by atoms with van der Waals surface area (Å²) in [5, 5.41) is 28.3. The molecule has 0 spiro atoms. The maximum atomic E-state index is 13.3. The van der Waals surface area contributed by atoms with Crippen molar-refractivity contribution in [2.24, 2.45) is 5.92 Å². The van der Waals surface area contributed by atoms with Gasteiger partial charge >= 0.3 is 12.1 Å². The molecule has 3 aromatic rings. The van der Waals surface area contributed by atoms with E-state index in [4.69, 9.17) is 4.42 Å². The van der Waals surface area contributed by atoms with E-state index >= 15 is 0 Å². The molecular weight excluding hydrogens is 569 g/mol. The minimum Gasteiger partial charge on any atom is -0.618 e. The number of pyridine rings is 1. The summed E-state index contributed by atoms with van der Waals surface area (Å²) in [7, 11) is 0. The standard InChI is InChI=1S/C30H33F3N4O6/c1-18(2)15-22(35-28(40)26-12-11-25(43-26)19-7-5-8-20(16-19)30(31,32)33)27(39)34-21-9-6-13-36(17-24(21)38)29(41)23-10-3-4-14-37(23)42/h3-5,7-8,10-12,14,16,18,21-22,24,38H,6,9,13,15,17H2,1-2H3,(H,34,39)(H,35,40)/t21?,22?,24-/m0/s1. The molecule has 1 saturated heterocycles. The lowest BCUT2D eigenvalue weighted by Gasteiger charge is -2.27. The van der Waals surface area contributed by atoms with Gasteiger partial charge in [0.2, 0.25) is 5.91 Å². The molecule has 4 rings (SSSR count). The fraction of sp³-hybridized carbons (Fsp3) is 0.400. The summed E-state index contributed by atoms with van der Waals surface area (Å²) in [6.07, 6.45) is -3.41. The van der Waals surface area contributed by atoms with E-state index in [1.807, 2.05) is 13.8 Å².